The van der Waals surface area contributed by atoms with Crippen molar-refractivity contribution in [1.82, 2.24) is 10.2 Å². The number of hydrogen-bond donors (Lipinski definition) is 1. The average Bonchev–Trinajstić information content (AvgIpc) is 2.14. The second-order valence-corrected chi connectivity index (χ2v) is 4.63. The highest BCUT2D eigenvalue weighted by atomic mass is 16.2. The lowest BCUT2D eigenvalue weighted by atomic mass is 10.1. The summed E-state index contributed by atoms with van der Waals surface area (Å²) in [5.74, 6) is 0.950. The predicted octanol–water partition coefficient (Wildman–Crippen LogP) is 1.24. The first kappa shape index (κ1) is 11.5. The topological polar surface area (TPSA) is 32.3 Å². The molecule has 1 aliphatic heterocycles. The summed E-state index contributed by atoms with van der Waals surface area (Å²) in [5, 5.41) is 3.34. The minimum atomic E-state index is 0.326. The van der Waals surface area contributed by atoms with Crippen LogP contribution in [-0.2, 0) is 4.79 Å². The van der Waals surface area contributed by atoms with E-state index in [9.17, 15) is 4.79 Å². The second kappa shape index (κ2) is 5.35. The number of rotatable bonds is 3. The van der Waals surface area contributed by atoms with Crippen LogP contribution in [0.25, 0.3) is 0 Å². The summed E-state index contributed by atoms with van der Waals surface area (Å²) in [6, 6.07) is 0.451. The molecule has 1 amide bonds. The van der Waals surface area contributed by atoms with Gasteiger partial charge in [-0.15, -0.1) is 0 Å². The van der Waals surface area contributed by atoms with Gasteiger partial charge < -0.3 is 10.2 Å². The van der Waals surface area contributed by atoms with Crippen LogP contribution in [0.4, 0.5) is 0 Å². The Morgan fingerprint density at radius 1 is 1.57 bits per heavy atom. The van der Waals surface area contributed by atoms with Crippen molar-refractivity contribution in [1.29, 1.82) is 0 Å². The summed E-state index contributed by atoms with van der Waals surface area (Å²) in [5.41, 5.74) is 0. The summed E-state index contributed by atoms with van der Waals surface area (Å²) in [7, 11) is 0. The molecule has 1 rings (SSSR count). The van der Waals surface area contributed by atoms with Crippen LogP contribution < -0.4 is 5.32 Å². The van der Waals surface area contributed by atoms with Gasteiger partial charge >= 0.3 is 0 Å². The van der Waals surface area contributed by atoms with E-state index in [1.54, 1.807) is 0 Å². The van der Waals surface area contributed by atoms with Crippen molar-refractivity contribution in [3.63, 3.8) is 0 Å². The van der Waals surface area contributed by atoms with Crippen LogP contribution in [0.15, 0.2) is 0 Å². The fourth-order valence-electron chi connectivity index (χ4n) is 1.73. The van der Waals surface area contributed by atoms with E-state index < -0.39 is 0 Å². The summed E-state index contributed by atoms with van der Waals surface area (Å²) in [4.78, 5) is 13.7. The lowest BCUT2D eigenvalue weighted by Gasteiger charge is -2.32. The largest absolute Gasteiger partial charge is 0.340 e. The van der Waals surface area contributed by atoms with E-state index in [1.807, 2.05) is 4.90 Å². The molecule has 0 aromatic rings. The standard InChI is InChI=1S/C11H22N2O/c1-9(2)4-5-11(14)13-7-6-12-10(3)8-13/h9-10,12H,4-8H2,1-3H3/t10-/m0/s1. The maximum Gasteiger partial charge on any atom is 0.222 e. The Labute approximate surface area is 86.9 Å². The Balaban J connectivity index is 2.29. The summed E-state index contributed by atoms with van der Waals surface area (Å²) >= 11 is 0. The summed E-state index contributed by atoms with van der Waals surface area (Å²) in [6.45, 7) is 9.13. The molecule has 3 nitrogen and oxygen atoms in total. The monoisotopic (exact) mass is 198 g/mol. The Morgan fingerprint density at radius 2 is 2.29 bits per heavy atom. The van der Waals surface area contributed by atoms with Crippen molar-refractivity contribution in [3.05, 3.63) is 0 Å². The molecule has 0 radical (unpaired) electrons. The molecule has 0 bridgehead atoms. The first-order chi connectivity index (χ1) is 6.59. The lowest BCUT2D eigenvalue weighted by Crippen LogP contribution is -2.51. The van der Waals surface area contributed by atoms with Gasteiger partial charge in [0.05, 0.1) is 0 Å². The fraction of sp³-hybridized carbons (Fsp3) is 0.909. The molecule has 1 fully saturated rings. The highest BCUT2D eigenvalue weighted by Crippen LogP contribution is 2.08. The third-order valence-corrected chi connectivity index (χ3v) is 2.66. The van der Waals surface area contributed by atoms with Crippen molar-refractivity contribution in [2.45, 2.75) is 39.7 Å². The van der Waals surface area contributed by atoms with Crippen LogP contribution in [0, 0.1) is 5.92 Å². The summed E-state index contributed by atoms with van der Waals surface area (Å²) in [6.07, 6.45) is 1.72. The van der Waals surface area contributed by atoms with Crippen LogP contribution in [0.5, 0.6) is 0 Å². The third-order valence-electron chi connectivity index (χ3n) is 2.66. The molecule has 14 heavy (non-hydrogen) atoms. The number of amides is 1. The van der Waals surface area contributed by atoms with Gasteiger partial charge in [-0.05, 0) is 19.3 Å². The number of hydrogen-bond acceptors (Lipinski definition) is 2. The Hall–Kier alpha value is -0.570. The quantitative estimate of drug-likeness (QED) is 0.740. The molecule has 1 saturated heterocycles. The molecule has 82 valence electrons. The van der Waals surface area contributed by atoms with Gasteiger partial charge in [0.15, 0.2) is 0 Å². The smallest absolute Gasteiger partial charge is 0.222 e. The van der Waals surface area contributed by atoms with Gasteiger partial charge in [-0.25, -0.2) is 0 Å². The van der Waals surface area contributed by atoms with Crippen LogP contribution in [0.1, 0.15) is 33.6 Å². The third kappa shape index (κ3) is 3.66. The van der Waals surface area contributed by atoms with Crippen molar-refractivity contribution in [3.8, 4) is 0 Å². The number of nitrogens with zero attached hydrogens (tertiary/aromatic N) is 1. The van der Waals surface area contributed by atoms with Gasteiger partial charge in [0.2, 0.25) is 5.91 Å². The zero-order valence-electron chi connectivity index (χ0n) is 9.55. The van der Waals surface area contributed by atoms with Crippen molar-refractivity contribution >= 4 is 5.91 Å². The first-order valence-electron chi connectivity index (χ1n) is 5.60. The molecular weight excluding hydrogens is 176 g/mol. The van der Waals surface area contributed by atoms with Crippen LogP contribution in [0.2, 0.25) is 0 Å². The molecule has 0 spiro atoms. The zero-order chi connectivity index (χ0) is 10.6. The minimum absolute atomic E-state index is 0.326. The highest BCUT2D eigenvalue weighted by molar-refractivity contribution is 5.76. The van der Waals surface area contributed by atoms with Crippen LogP contribution in [0.3, 0.4) is 0 Å². The first-order valence-corrected chi connectivity index (χ1v) is 5.60. The fourth-order valence-corrected chi connectivity index (χ4v) is 1.73. The molecule has 0 aromatic heterocycles. The van der Waals surface area contributed by atoms with E-state index in [-0.39, 0.29) is 0 Å². The number of piperazine rings is 1. The molecule has 1 atom stereocenters. The number of carbonyl (C=O) groups is 1. The van der Waals surface area contributed by atoms with Gasteiger partial charge in [0, 0.05) is 32.1 Å². The van der Waals surface area contributed by atoms with Crippen LogP contribution >= 0.6 is 0 Å². The van der Waals surface area contributed by atoms with E-state index >= 15 is 0 Å². The molecule has 1 N–H and O–H groups in total. The molecule has 3 heteroatoms. The van der Waals surface area contributed by atoms with E-state index in [1.165, 1.54) is 0 Å². The maximum atomic E-state index is 11.7. The molecular formula is C11H22N2O. The van der Waals surface area contributed by atoms with Gasteiger partial charge in [0.25, 0.3) is 0 Å². The maximum absolute atomic E-state index is 11.7. The Morgan fingerprint density at radius 3 is 2.86 bits per heavy atom. The summed E-state index contributed by atoms with van der Waals surface area (Å²) < 4.78 is 0. The van der Waals surface area contributed by atoms with Gasteiger partial charge in [0.1, 0.15) is 0 Å². The van der Waals surface area contributed by atoms with E-state index in [0.29, 0.717) is 24.3 Å². The lowest BCUT2D eigenvalue weighted by molar-refractivity contribution is -0.132. The predicted molar refractivity (Wildman–Crippen MR) is 58.1 cm³/mol. The van der Waals surface area contributed by atoms with E-state index in [4.69, 9.17) is 0 Å². The molecule has 0 saturated carbocycles. The number of carbonyl (C=O) groups excluding carboxylic acids is 1. The van der Waals surface area contributed by atoms with Crippen LogP contribution in [-0.4, -0.2) is 36.5 Å². The van der Waals surface area contributed by atoms with E-state index in [0.717, 1.165) is 26.1 Å². The SMILES string of the molecule is CC(C)CCC(=O)N1CCN[C@@H](C)C1. The second-order valence-electron chi connectivity index (χ2n) is 4.63. The molecule has 1 heterocycles. The van der Waals surface area contributed by atoms with Gasteiger partial charge in [-0.3, -0.25) is 4.79 Å². The van der Waals surface area contributed by atoms with Crippen molar-refractivity contribution in [2.75, 3.05) is 19.6 Å². The highest BCUT2D eigenvalue weighted by Gasteiger charge is 2.19. The van der Waals surface area contributed by atoms with Gasteiger partial charge in [-0.2, -0.15) is 0 Å². The molecule has 0 aromatic carbocycles. The Kier molecular flexibility index (Phi) is 4.39. The molecule has 0 unspecified atom stereocenters. The van der Waals surface area contributed by atoms with Gasteiger partial charge in [-0.1, -0.05) is 13.8 Å². The van der Waals surface area contributed by atoms with E-state index in [2.05, 4.69) is 26.1 Å². The zero-order valence-corrected chi connectivity index (χ0v) is 9.55. The molecule has 0 aliphatic carbocycles. The number of nitrogens with one attached hydrogen (secondary N) is 1. The average molecular weight is 198 g/mol. The minimum Gasteiger partial charge on any atom is -0.340 e. The van der Waals surface area contributed by atoms with Crippen molar-refractivity contribution < 1.29 is 4.79 Å². The molecule has 1 aliphatic rings. The van der Waals surface area contributed by atoms with Crippen molar-refractivity contribution in [2.24, 2.45) is 5.92 Å². The normalized spacial score (nSPS) is 22.9. The Bertz CT molecular complexity index is 192.